The fourth-order valence-corrected chi connectivity index (χ4v) is 2.06. The molecular formula is C14H17N5Si. The van der Waals surface area contributed by atoms with Gasteiger partial charge in [-0.25, -0.2) is 9.97 Å². The van der Waals surface area contributed by atoms with Crippen LogP contribution in [0.25, 0.3) is 11.4 Å². The van der Waals surface area contributed by atoms with Gasteiger partial charge in [0.1, 0.15) is 19.5 Å². The van der Waals surface area contributed by atoms with Gasteiger partial charge in [-0.2, -0.15) is 0 Å². The van der Waals surface area contributed by atoms with Crippen LogP contribution in [-0.2, 0) is 0 Å². The van der Waals surface area contributed by atoms with Gasteiger partial charge in [0.2, 0.25) is 5.95 Å². The lowest BCUT2D eigenvalue weighted by molar-refractivity contribution is 1.09. The first kappa shape index (κ1) is 14.2. The Balaban J connectivity index is 2.49. The minimum absolute atomic E-state index is 0.201. The van der Waals surface area contributed by atoms with Crippen LogP contribution in [0.15, 0.2) is 18.5 Å². The van der Waals surface area contributed by atoms with Gasteiger partial charge in [-0.3, -0.25) is 9.97 Å². The summed E-state index contributed by atoms with van der Waals surface area (Å²) in [5.41, 5.74) is 11.8. The zero-order valence-corrected chi connectivity index (χ0v) is 13.1. The molecule has 2 N–H and O–H groups in total. The number of anilines is 1. The Labute approximate surface area is 119 Å². The largest absolute Gasteiger partial charge is 0.368 e. The Hall–Kier alpha value is -2.26. The fourth-order valence-electron chi connectivity index (χ4n) is 1.56. The van der Waals surface area contributed by atoms with Gasteiger partial charge in [0.05, 0.1) is 11.4 Å². The second-order valence-electron chi connectivity index (χ2n) is 5.49. The van der Waals surface area contributed by atoms with Crippen LogP contribution >= 0.6 is 0 Å². The van der Waals surface area contributed by atoms with Crippen LogP contribution in [0.4, 0.5) is 5.95 Å². The molecule has 0 saturated heterocycles. The van der Waals surface area contributed by atoms with E-state index in [1.807, 2.05) is 6.92 Å². The first-order valence-electron chi connectivity index (χ1n) is 6.31. The molecule has 2 heterocycles. The van der Waals surface area contributed by atoms with E-state index in [-0.39, 0.29) is 5.95 Å². The minimum Gasteiger partial charge on any atom is -0.368 e. The number of nitrogens with two attached hydrogens (primary N) is 1. The van der Waals surface area contributed by atoms with E-state index in [1.54, 1.807) is 18.5 Å². The summed E-state index contributed by atoms with van der Waals surface area (Å²) < 4.78 is 0. The molecule has 0 saturated carbocycles. The molecular weight excluding hydrogens is 266 g/mol. The summed E-state index contributed by atoms with van der Waals surface area (Å²) in [5, 5.41) is 0. The van der Waals surface area contributed by atoms with Crippen LogP contribution in [0.1, 0.15) is 11.4 Å². The van der Waals surface area contributed by atoms with E-state index in [2.05, 4.69) is 51.0 Å². The lowest BCUT2D eigenvalue weighted by atomic mass is 10.2. The SMILES string of the molecule is Cc1nccnc1-c1cc(C#C[Si](C)(C)C)nc(N)n1. The van der Waals surface area contributed by atoms with Crippen molar-refractivity contribution >= 4 is 14.0 Å². The van der Waals surface area contributed by atoms with E-state index >= 15 is 0 Å². The summed E-state index contributed by atoms with van der Waals surface area (Å²) in [6.07, 6.45) is 3.28. The molecule has 0 bridgehead atoms. The molecule has 0 unspecified atom stereocenters. The van der Waals surface area contributed by atoms with Crippen LogP contribution in [0, 0.1) is 18.4 Å². The van der Waals surface area contributed by atoms with Crippen LogP contribution in [-0.4, -0.2) is 28.0 Å². The van der Waals surface area contributed by atoms with Gasteiger partial charge in [-0.1, -0.05) is 25.6 Å². The highest BCUT2D eigenvalue weighted by molar-refractivity contribution is 6.83. The van der Waals surface area contributed by atoms with Crippen molar-refractivity contribution < 1.29 is 0 Å². The van der Waals surface area contributed by atoms with Crippen molar-refractivity contribution in [2.45, 2.75) is 26.6 Å². The second kappa shape index (κ2) is 5.39. The van der Waals surface area contributed by atoms with Crippen LogP contribution in [0.3, 0.4) is 0 Å². The molecule has 102 valence electrons. The first-order chi connectivity index (χ1) is 9.35. The number of nitrogens with zero attached hydrogens (tertiary/aromatic N) is 4. The normalized spacial score (nSPS) is 10.8. The average molecular weight is 283 g/mol. The van der Waals surface area contributed by atoms with Crippen LogP contribution < -0.4 is 5.73 Å². The molecule has 0 fully saturated rings. The maximum absolute atomic E-state index is 5.76. The molecule has 2 rings (SSSR count). The van der Waals surface area contributed by atoms with Gasteiger partial charge in [0.25, 0.3) is 0 Å². The zero-order chi connectivity index (χ0) is 14.8. The van der Waals surface area contributed by atoms with Crippen molar-refractivity contribution in [2.24, 2.45) is 0 Å². The van der Waals surface area contributed by atoms with Crippen molar-refractivity contribution in [1.29, 1.82) is 0 Å². The lowest BCUT2D eigenvalue weighted by Crippen LogP contribution is -2.16. The number of hydrogen-bond donors (Lipinski definition) is 1. The summed E-state index contributed by atoms with van der Waals surface area (Å²) in [6, 6.07) is 1.81. The molecule has 6 heteroatoms. The molecule has 0 aliphatic carbocycles. The molecule has 0 atom stereocenters. The zero-order valence-electron chi connectivity index (χ0n) is 12.1. The van der Waals surface area contributed by atoms with E-state index in [9.17, 15) is 0 Å². The quantitative estimate of drug-likeness (QED) is 0.640. The predicted octanol–water partition coefficient (Wildman–Crippen LogP) is 2.05. The average Bonchev–Trinajstić information content (AvgIpc) is 2.35. The predicted molar refractivity (Wildman–Crippen MR) is 82.4 cm³/mol. The minimum atomic E-state index is -1.46. The molecule has 0 spiro atoms. The maximum atomic E-state index is 5.76. The Morgan fingerprint density at radius 3 is 2.45 bits per heavy atom. The van der Waals surface area contributed by atoms with Gasteiger partial charge in [0, 0.05) is 18.5 Å². The Kier molecular flexibility index (Phi) is 3.81. The lowest BCUT2D eigenvalue weighted by Gasteiger charge is -2.05. The second-order valence-corrected chi connectivity index (χ2v) is 10.2. The van der Waals surface area contributed by atoms with E-state index in [0.29, 0.717) is 17.1 Å². The van der Waals surface area contributed by atoms with Crippen LogP contribution in [0.2, 0.25) is 19.6 Å². The summed E-state index contributed by atoms with van der Waals surface area (Å²) in [7, 11) is -1.46. The number of rotatable bonds is 1. The number of aryl methyl sites for hydroxylation is 1. The number of aromatic nitrogens is 4. The monoisotopic (exact) mass is 283 g/mol. The number of nitrogen functional groups attached to an aromatic ring is 1. The van der Waals surface area contributed by atoms with Gasteiger partial charge in [-0.05, 0) is 6.92 Å². The molecule has 0 radical (unpaired) electrons. The van der Waals surface area contributed by atoms with Gasteiger partial charge in [0.15, 0.2) is 0 Å². The Morgan fingerprint density at radius 2 is 1.80 bits per heavy atom. The van der Waals surface area contributed by atoms with Gasteiger partial charge >= 0.3 is 0 Å². The molecule has 0 aromatic carbocycles. The topological polar surface area (TPSA) is 77.6 Å². The molecule has 5 nitrogen and oxygen atoms in total. The smallest absolute Gasteiger partial charge is 0.221 e. The standard InChI is InChI=1S/C14H17N5Si/c1-10-13(17-7-6-16-10)12-9-11(18-14(15)19-12)5-8-20(2,3)4/h6-7,9H,1-4H3,(H2,15,18,19). The third-order valence-corrected chi connectivity index (χ3v) is 3.31. The maximum Gasteiger partial charge on any atom is 0.221 e. The van der Waals surface area contributed by atoms with Crippen molar-refractivity contribution in [3.63, 3.8) is 0 Å². The van der Waals surface area contributed by atoms with Crippen molar-refractivity contribution in [3.05, 3.63) is 29.8 Å². The van der Waals surface area contributed by atoms with E-state index in [4.69, 9.17) is 5.73 Å². The van der Waals surface area contributed by atoms with E-state index < -0.39 is 8.07 Å². The third kappa shape index (κ3) is 3.62. The molecule has 0 aliphatic rings. The van der Waals surface area contributed by atoms with Crippen molar-refractivity contribution in [2.75, 3.05) is 5.73 Å². The molecule has 2 aromatic heterocycles. The van der Waals surface area contributed by atoms with Gasteiger partial charge in [-0.15, -0.1) is 5.54 Å². The fraction of sp³-hybridized carbons (Fsp3) is 0.286. The highest BCUT2D eigenvalue weighted by Gasteiger charge is 2.10. The highest BCUT2D eigenvalue weighted by atomic mass is 28.3. The summed E-state index contributed by atoms with van der Waals surface area (Å²) in [5.74, 6) is 3.29. The molecule has 2 aromatic rings. The third-order valence-electron chi connectivity index (χ3n) is 2.43. The van der Waals surface area contributed by atoms with Crippen LogP contribution in [0.5, 0.6) is 0 Å². The molecule has 20 heavy (non-hydrogen) atoms. The van der Waals surface area contributed by atoms with Gasteiger partial charge < -0.3 is 5.73 Å². The Morgan fingerprint density at radius 1 is 1.10 bits per heavy atom. The summed E-state index contributed by atoms with van der Waals surface area (Å²) in [4.78, 5) is 16.9. The first-order valence-corrected chi connectivity index (χ1v) is 9.81. The van der Waals surface area contributed by atoms with E-state index in [1.165, 1.54) is 0 Å². The van der Waals surface area contributed by atoms with Crippen molar-refractivity contribution in [3.8, 4) is 22.9 Å². The summed E-state index contributed by atoms with van der Waals surface area (Å²) in [6.45, 7) is 8.42. The number of hydrogen-bond acceptors (Lipinski definition) is 5. The van der Waals surface area contributed by atoms with E-state index in [0.717, 1.165) is 5.69 Å². The molecule has 0 aliphatic heterocycles. The summed E-state index contributed by atoms with van der Waals surface area (Å²) >= 11 is 0. The molecule has 0 amide bonds. The Bertz CT molecular complexity index is 695. The van der Waals surface area contributed by atoms with Crippen molar-refractivity contribution in [1.82, 2.24) is 19.9 Å². The highest BCUT2D eigenvalue weighted by Crippen LogP contribution is 2.18.